The third-order valence-electron chi connectivity index (χ3n) is 0. The summed E-state index contributed by atoms with van der Waals surface area (Å²) in [6.07, 6.45) is 0. The first-order chi connectivity index (χ1) is 3.97. The zero-order valence-corrected chi connectivity index (χ0v) is 10.4. The zero-order chi connectivity index (χ0) is 9.02. The molecule has 0 aliphatic heterocycles. The molecule has 0 spiro atoms. The normalized spacial score (nSPS) is 14.2. The van der Waals surface area contributed by atoms with Gasteiger partial charge in [0.15, 0.2) is 0 Å². The standard InChI is InChI=1S/BF3.5ClH.Sb/c2-1(3)4;;;;;;/h;5*1H;/q;;;;;;+5/p-5. The molecule has 10 heavy (non-hydrogen) atoms. The van der Waals surface area contributed by atoms with E-state index in [1.165, 1.54) is 0 Å². The quantitative estimate of drug-likeness (QED) is 0.569. The summed E-state index contributed by atoms with van der Waals surface area (Å²) in [5.41, 5.74) is 0. The van der Waals surface area contributed by atoms with Crippen molar-refractivity contribution in [1.82, 2.24) is 0 Å². The fourth-order valence-electron chi connectivity index (χ4n) is 0. The van der Waals surface area contributed by atoms with Crippen LogP contribution in [0.1, 0.15) is 0 Å². The number of rotatable bonds is 0. The van der Waals surface area contributed by atoms with Gasteiger partial charge in [0.1, 0.15) is 0 Å². The van der Waals surface area contributed by atoms with Gasteiger partial charge in [-0.3, -0.25) is 12.9 Å². The average Bonchev–Trinajstić information content (AvgIpc) is 1.14. The molecule has 0 amide bonds. The van der Waals surface area contributed by atoms with Crippen LogP contribution in [0.25, 0.3) is 0 Å². The van der Waals surface area contributed by atoms with Gasteiger partial charge >= 0.3 is 63.4 Å². The van der Waals surface area contributed by atoms with E-state index in [2.05, 4.69) is 0 Å². The Morgan fingerprint density at radius 1 is 0.800 bits per heavy atom. The monoisotopic (exact) mass is 364 g/mol. The molecule has 0 aromatic heterocycles. The third kappa shape index (κ3) is 187. The summed E-state index contributed by atoms with van der Waals surface area (Å²) in [7, 11) is 21.6. The van der Waals surface area contributed by atoms with Crippen molar-refractivity contribution in [3.05, 3.63) is 0 Å². The molecule has 0 saturated heterocycles. The van der Waals surface area contributed by atoms with Gasteiger partial charge in [0.05, 0.1) is 0 Å². The van der Waals surface area contributed by atoms with Crippen molar-refractivity contribution in [2.45, 2.75) is 0 Å². The van der Waals surface area contributed by atoms with Crippen LogP contribution in [0.4, 0.5) is 12.9 Å². The molecule has 0 aromatic carbocycles. The Hall–Kier alpha value is 2.12. The van der Waals surface area contributed by atoms with Gasteiger partial charge < -0.3 is 0 Å². The van der Waals surface area contributed by atoms with E-state index in [4.69, 9.17) is 44.1 Å². The van der Waals surface area contributed by atoms with Crippen LogP contribution in [0.15, 0.2) is 0 Å². The van der Waals surface area contributed by atoms with E-state index < -0.39 is 19.2 Å². The fourth-order valence-corrected chi connectivity index (χ4v) is 0. The predicted molar refractivity (Wildman–Crippen MR) is 44.1 cm³/mol. The maximum absolute atomic E-state index is 9.67. The second kappa shape index (κ2) is 4.98. The first-order valence-electron chi connectivity index (χ1n) is 1.50. The first kappa shape index (κ1) is 14.6. The van der Waals surface area contributed by atoms with Crippen molar-refractivity contribution in [3.63, 3.8) is 0 Å². The van der Waals surface area contributed by atoms with Gasteiger partial charge in [-0.1, -0.05) is 0 Å². The molecule has 0 bridgehead atoms. The molecule has 64 valence electrons. The molecule has 0 unspecified atom stereocenters. The van der Waals surface area contributed by atoms with E-state index in [9.17, 15) is 12.9 Å². The summed E-state index contributed by atoms with van der Waals surface area (Å²) < 4.78 is 29.0. The molecular formula is BCl5F3Sb. The summed E-state index contributed by atoms with van der Waals surface area (Å²) in [6, 6.07) is 0. The second-order valence-corrected chi connectivity index (χ2v) is 38.8. The van der Waals surface area contributed by atoms with Gasteiger partial charge in [-0.15, -0.1) is 0 Å². The van der Waals surface area contributed by atoms with Crippen LogP contribution in [0, 0.1) is 0 Å². The van der Waals surface area contributed by atoms with Gasteiger partial charge in [0.2, 0.25) is 0 Å². The van der Waals surface area contributed by atoms with E-state index in [0.717, 1.165) is 0 Å². The van der Waals surface area contributed by atoms with Crippen LogP contribution in [0.2, 0.25) is 0 Å². The first-order valence-corrected chi connectivity index (χ1v) is 17.7. The fraction of sp³-hybridized carbons (Fsp3) is 0. The molecule has 0 radical (unpaired) electrons. The molecule has 0 N–H and O–H groups in total. The van der Waals surface area contributed by atoms with E-state index in [-0.39, 0.29) is 0 Å². The van der Waals surface area contributed by atoms with Crippen LogP contribution in [-0.4, -0.2) is 19.2 Å². The van der Waals surface area contributed by atoms with E-state index >= 15 is 0 Å². The molecule has 0 atom stereocenters. The topological polar surface area (TPSA) is 0 Å². The van der Waals surface area contributed by atoms with Gasteiger partial charge in [0, 0.05) is 0 Å². The summed E-state index contributed by atoms with van der Waals surface area (Å²) >= 11 is -4.33. The van der Waals surface area contributed by atoms with E-state index in [1.54, 1.807) is 0 Å². The van der Waals surface area contributed by atoms with Crippen molar-refractivity contribution in [1.29, 1.82) is 0 Å². The Morgan fingerprint density at radius 3 is 0.800 bits per heavy atom. The van der Waals surface area contributed by atoms with Crippen LogP contribution >= 0.6 is 44.1 Å². The van der Waals surface area contributed by atoms with Crippen LogP contribution in [-0.2, 0) is 0 Å². The Labute approximate surface area is 75.5 Å². The second-order valence-electron chi connectivity index (χ2n) is 0.886. The van der Waals surface area contributed by atoms with Crippen molar-refractivity contribution in [2.24, 2.45) is 0 Å². The Balaban J connectivity index is 0. The number of hydrogen-bond donors (Lipinski definition) is 0. The molecule has 0 aliphatic carbocycles. The van der Waals surface area contributed by atoms with E-state index in [0.29, 0.717) is 0 Å². The summed E-state index contributed by atoms with van der Waals surface area (Å²) in [4.78, 5) is 0. The zero-order valence-electron chi connectivity index (χ0n) is 4.05. The molecule has 0 nitrogen and oxygen atoms in total. The molecule has 0 heterocycles. The average molecular weight is 367 g/mol. The van der Waals surface area contributed by atoms with Crippen LogP contribution in [0.3, 0.4) is 0 Å². The Morgan fingerprint density at radius 2 is 0.800 bits per heavy atom. The summed E-state index contributed by atoms with van der Waals surface area (Å²) in [5.74, 6) is 0. The van der Waals surface area contributed by atoms with Crippen molar-refractivity contribution < 1.29 is 12.9 Å². The molecule has 0 fully saturated rings. The minimum atomic E-state index is -4.33. The number of hydrogen-bond acceptors (Lipinski definition) is 0. The molecular weight excluding hydrogens is 367 g/mol. The van der Waals surface area contributed by atoms with E-state index in [1.807, 2.05) is 0 Å². The van der Waals surface area contributed by atoms with Crippen molar-refractivity contribution >= 4 is 63.4 Å². The van der Waals surface area contributed by atoms with Gasteiger partial charge in [-0.05, 0) is 0 Å². The predicted octanol–water partition coefficient (Wildman–Crippen LogP) is 3.95. The molecule has 0 aromatic rings. The van der Waals surface area contributed by atoms with Gasteiger partial charge in [-0.25, -0.2) is 0 Å². The minimum absolute atomic E-state index is 3.67. The van der Waals surface area contributed by atoms with Crippen molar-refractivity contribution in [2.75, 3.05) is 0 Å². The van der Waals surface area contributed by atoms with Gasteiger partial charge in [0.25, 0.3) is 0 Å². The third-order valence-corrected chi connectivity index (χ3v) is 0. The molecule has 10 heteroatoms. The summed E-state index contributed by atoms with van der Waals surface area (Å²) in [6.45, 7) is 0. The van der Waals surface area contributed by atoms with Crippen molar-refractivity contribution in [3.8, 4) is 0 Å². The number of halogens is 8. The molecule has 0 aliphatic rings. The van der Waals surface area contributed by atoms with Gasteiger partial charge in [-0.2, -0.15) is 0 Å². The SMILES string of the molecule is FB(F)F.[Cl][Sb]([Cl])([Cl])([Cl])[Cl]. The Bertz CT molecular complexity index is 75.1. The molecule has 0 saturated carbocycles. The maximum atomic E-state index is 9.67. The summed E-state index contributed by atoms with van der Waals surface area (Å²) in [5, 5.41) is 0. The molecule has 0 rings (SSSR count). The van der Waals surface area contributed by atoms with Crippen LogP contribution < -0.4 is 0 Å². The van der Waals surface area contributed by atoms with Crippen LogP contribution in [0.5, 0.6) is 0 Å². The Kier molecular flexibility index (Phi) is 7.29.